The second kappa shape index (κ2) is 9.40. The molecule has 0 aliphatic carbocycles. The molecule has 0 aromatic carbocycles. The Hall–Kier alpha value is -3.39. The molecule has 0 radical (unpaired) electrons. The first-order chi connectivity index (χ1) is 15.4. The Morgan fingerprint density at radius 3 is 2.94 bits per heavy atom. The molecule has 170 valence electrons. The van der Waals surface area contributed by atoms with E-state index in [1.807, 2.05) is 0 Å². The molecule has 1 saturated heterocycles. The predicted molar refractivity (Wildman–Crippen MR) is 107 cm³/mol. The molecule has 1 aliphatic rings. The zero-order valence-electron chi connectivity index (χ0n) is 16.8. The van der Waals surface area contributed by atoms with Crippen LogP contribution >= 0.6 is 0 Å². The van der Waals surface area contributed by atoms with Gasteiger partial charge in [-0.1, -0.05) is 0 Å². The van der Waals surface area contributed by atoms with Gasteiger partial charge in [0.25, 0.3) is 0 Å². The number of anilines is 3. The van der Waals surface area contributed by atoms with Crippen LogP contribution in [0.25, 0.3) is 11.0 Å². The van der Waals surface area contributed by atoms with Crippen molar-refractivity contribution in [3.05, 3.63) is 24.8 Å². The summed E-state index contributed by atoms with van der Waals surface area (Å²) >= 11 is 0. The lowest BCUT2D eigenvalue weighted by Gasteiger charge is -2.13. The Morgan fingerprint density at radius 2 is 2.22 bits per heavy atom. The molecule has 4 heterocycles. The van der Waals surface area contributed by atoms with Crippen molar-refractivity contribution in [2.24, 2.45) is 5.92 Å². The summed E-state index contributed by atoms with van der Waals surface area (Å²) < 4.78 is 43.1. The van der Waals surface area contributed by atoms with Crippen molar-refractivity contribution in [3.63, 3.8) is 0 Å². The summed E-state index contributed by atoms with van der Waals surface area (Å²) in [6.07, 6.45) is 0.635. The molecule has 0 saturated carbocycles. The van der Waals surface area contributed by atoms with E-state index in [2.05, 4.69) is 45.7 Å². The van der Waals surface area contributed by atoms with Gasteiger partial charge in [0.2, 0.25) is 11.9 Å². The third kappa shape index (κ3) is 5.45. The molecular weight excluding hydrogens is 431 g/mol. The van der Waals surface area contributed by atoms with Gasteiger partial charge < -0.3 is 15.4 Å². The second-order valence-electron chi connectivity index (χ2n) is 7.06. The number of aromatic nitrogens is 6. The highest BCUT2D eigenvalue weighted by molar-refractivity contribution is 5.94. The first kappa shape index (κ1) is 21.8. The number of ether oxygens (including phenoxy) is 1. The lowest BCUT2D eigenvalue weighted by atomic mass is 10.1. The summed E-state index contributed by atoms with van der Waals surface area (Å²) in [7, 11) is 0. The molecule has 3 aromatic heterocycles. The summed E-state index contributed by atoms with van der Waals surface area (Å²) in [5.74, 6) is 0.412. The first-order valence-corrected chi connectivity index (χ1v) is 9.82. The minimum atomic E-state index is -4.41. The van der Waals surface area contributed by atoms with Crippen LogP contribution in [0.4, 0.5) is 30.8 Å². The van der Waals surface area contributed by atoms with E-state index in [1.54, 1.807) is 6.07 Å². The molecule has 0 bridgehead atoms. The Bertz CT molecular complexity index is 1070. The Balaban J connectivity index is 1.59. The van der Waals surface area contributed by atoms with Gasteiger partial charge in [-0.25, -0.2) is 15.0 Å². The summed E-state index contributed by atoms with van der Waals surface area (Å²) in [5, 5.41) is 13.1. The topological polar surface area (TPSA) is 132 Å². The van der Waals surface area contributed by atoms with E-state index in [0.717, 1.165) is 13.0 Å². The number of rotatable bonds is 8. The van der Waals surface area contributed by atoms with E-state index < -0.39 is 12.8 Å². The molecule has 1 fully saturated rings. The number of carbonyl (C=O) groups excluding carboxylic acids is 1. The zero-order valence-corrected chi connectivity index (χ0v) is 16.8. The Kier molecular flexibility index (Phi) is 6.41. The summed E-state index contributed by atoms with van der Waals surface area (Å²) in [6.45, 7) is -0.171. The molecule has 3 aromatic rings. The fraction of sp³-hybridized carbons (Fsp3) is 0.444. The maximum absolute atomic E-state index is 12.5. The van der Waals surface area contributed by atoms with Gasteiger partial charge in [0.1, 0.15) is 29.8 Å². The molecule has 1 aliphatic heterocycles. The first-order valence-electron chi connectivity index (χ1n) is 9.82. The van der Waals surface area contributed by atoms with E-state index in [0.29, 0.717) is 23.4 Å². The van der Waals surface area contributed by atoms with Gasteiger partial charge in [-0.3, -0.25) is 14.8 Å². The molecule has 3 N–H and O–H groups in total. The summed E-state index contributed by atoms with van der Waals surface area (Å²) in [6, 6.07) is 1.61. The van der Waals surface area contributed by atoms with Crippen LogP contribution in [-0.4, -0.2) is 68.1 Å². The maximum atomic E-state index is 12.5. The van der Waals surface area contributed by atoms with Crippen LogP contribution in [0, 0.1) is 5.92 Å². The summed E-state index contributed by atoms with van der Waals surface area (Å²) in [4.78, 5) is 29.2. The fourth-order valence-electron chi connectivity index (χ4n) is 3.23. The van der Waals surface area contributed by atoms with Crippen molar-refractivity contribution >= 4 is 34.5 Å². The van der Waals surface area contributed by atoms with Crippen molar-refractivity contribution in [1.82, 2.24) is 35.0 Å². The van der Waals surface area contributed by atoms with Gasteiger partial charge in [0.15, 0.2) is 5.82 Å². The second-order valence-corrected chi connectivity index (χ2v) is 7.06. The number of hydrogen-bond acceptors (Lipinski definition) is 9. The number of hydrogen-bond donors (Lipinski definition) is 3. The van der Waals surface area contributed by atoms with Crippen molar-refractivity contribution in [1.29, 1.82) is 0 Å². The van der Waals surface area contributed by atoms with Gasteiger partial charge in [0.05, 0.1) is 25.3 Å². The number of nitrogens with one attached hydrogen (secondary N) is 3. The van der Waals surface area contributed by atoms with E-state index in [-0.39, 0.29) is 36.7 Å². The van der Waals surface area contributed by atoms with E-state index in [1.165, 1.54) is 23.4 Å². The average molecular weight is 451 g/mol. The molecule has 0 unspecified atom stereocenters. The van der Waals surface area contributed by atoms with Crippen LogP contribution in [0.2, 0.25) is 0 Å². The zero-order chi connectivity index (χ0) is 22.6. The van der Waals surface area contributed by atoms with Crippen molar-refractivity contribution in [2.75, 3.05) is 36.9 Å². The standard InChI is InChI=1S/C18H20F3N9O2/c19-18(20,21)9-32-6-5-30-14-12(8-25-30)26-17(29-16(31)11-1-3-22-7-11)28-15(14)27-13-2-4-23-10-24-13/h2,4,8,10-11,22H,1,3,5-7,9H2,(H2,23,24,26,27,28,29,31)/t11-/m0/s1. The lowest BCUT2D eigenvalue weighted by molar-refractivity contribution is -0.174. The van der Waals surface area contributed by atoms with Crippen LogP contribution in [0.15, 0.2) is 24.8 Å². The van der Waals surface area contributed by atoms with Crippen LogP contribution in [-0.2, 0) is 16.1 Å². The third-order valence-electron chi connectivity index (χ3n) is 4.70. The number of alkyl halides is 3. The van der Waals surface area contributed by atoms with Crippen LogP contribution in [0.5, 0.6) is 0 Å². The minimum Gasteiger partial charge on any atom is -0.370 e. The largest absolute Gasteiger partial charge is 0.411 e. The monoisotopic (exact) mass is 451 g/mol. The van der Waals surface area contributed by atoms with E-state index in [9.17, 15) is 18.0 Å². The average Bonchev–Trinajstić information content (AvgIpc) is 3.42. The molecule has 4 rings (SSSR count). The van der Waals surface area contributed by atoms with E-state index in [4.69, 9.17) is 0 Å². The molecule has 32 heavy (non-hydrogen) atoms. The number of halogens is 3. The van der Waals surface area contributed by atoms with Gasteiger partial charge in [0, 0.05) is 12.7 Å². The highest BCUT2D eigenvalue weighted by Crippen LogP contribution is 2.25. The normalized spacial score (nSPS) is 16.4. The molecule has 11 nitrogen and oxygen atoms in total. The van der Waals surface area contributed by atoms with Gasteiger partial charge in [-0.15, -0.1) is 0 Å². The highest BCUT2D eigenvalue weighted by Gasteiger charge is 2.27. The number of carbonyl (C=O) groups is 1. The van der Waals surface area contributed by atoms with Crippen LogP contribution in [0.3, 0.4) is 0 Å². The van der Waals surface area contributed by atoms with Crippen molar-refractivity contribution in [2.45, 2.75) is 19.1 Å². The molecule has 1 amide bonds. The van der Waals surface area contributed by atoms with Gasteiger partial charge >= 0.3 is 6.18 Å². The van der Waals surface area contributed by atoms with Crippen LogP contribution < -0.4 is 16.0 Å². The SMILES string of the molecule is O=C(Nc1nc(Nc2ccncn2)c2c(cnn2CCOCC(F)(F)F)n1)[C@H]1CCNC1. The van der Waals surface area contributed by atoms with Gasteiger partial charge in [-0.2, -0.15) is 23.3 Å². The molecular formula is C18H20F3N9O2. The van der Waals surface area contributed by atoms with Crippen molar-refractivity contribution in [3.8, 4) is 0 Å². The lowest BCUT2D eigenvalue weighted by Crippen LogP contribution is -2.25. The maximum Gasteiger partial charge on any atom is 0.411 e. The number of fused-ring (bicyclic) bond motifs is 1. The number of nitrogens with zero attached hydrogens (tertiary/aromatic N) is 6. The van der Waals surface area contributed by atoms with Crippen LogP contribution in [0.1, 0.15) is 6.42 Å². The minimum absolute atomic E-state index is 0.0425. The van der Waals surface area contributed by atoms with Gasteiger partial charge in [-0.05, 0) is 19.0 Å². The third-order valence-corrected chi connectivity index (χ3v) is 4.70. The molecule has 0 spiro atoms. The quantitative estimate of drug-likeness (QED) is 0.436. The van der Waals surface area contributed by atoms with E-state index >= 15 is 0 Å². The van der Waals surface area contributed by atoms with Crippen molar-refractivity contribution < 1.29 is 22.7 Å². The Morgan fingerprint density at radius 1 is 1.34 bits per heavy atom. The smallest absolute Gasteiger partial charge is 0.370 e. The Labute approximate surface area is 179 Å². The molecule has 1 atom stereocenters. The summed E-state index contributed by atoms with van der Waals surface area (Å²) in [5.41, 5.74) is 0.826. The fourth-order valence-corrected chi connectivity index (χ4v) is 3.23. The molecule has 14 heteroatoms. The predicted octanol–water partition coefficient (Wildman–Crippen LogP) is 1.49. The highest BCUT2D eigenvalue weighted by atomic mass is 19.4. The number of amides is 1.